The van der Waals surface area contributed by atoms with E-state index in [-0.39, 0.29) is 23.2 Å². The Morgan fingerprint density at radius 1 is 0.909 bits per heavy atom. The molecule has 2 amide bonds. The van der Waals surface area contributed by atoms with Crippen molar-refractivity contribution in [2.45, 2.75) is 19.9 Å². The lowest BCUT2D eigenvalue weighted by molar-refractivity contribution is 0.101. The van der Waals surface area contributed by atoms with Crippen molar-refractivity contribution in [3.8, 4) is 11.5 Å². The van der Waals surface area contributed by atoms with Gasteiger partial charge in [0.15, 0.2) is 17.5 Å². The summed E-state index contributed by atoms with van der Waals surface area (Å²) in [6, 6.07) is 18.0. The first-order valence-corrected chi connectivity index (χ1v) is 10.3. The molecule has 0 radical (unpaired) electrons. The van der Waals surface area contributed by atoms with Gasteiger partial charge in [-0.3, -0.25) is 9.59 Å². The SMILES string of the molecule is CC(C)n1cnnc1-c1nc(NC(=O)c2ccccc2)c(F)cc1NC(=O)c1ccccc1. The molecular weight excluding hydrogens is 423 g/mol. The molecule has 2 aromatic heterocycles. The molecule has 0 aliphatic heterocycles. The van der Waals surface area contributed by atoms with Crippen molar-refractivity contribution in [2.75, 3.05) is 10.6 Å². The molecule has 0 fully saturated rings. The van der Waals surface area contributed by atoms with Gasteiger partial charge in [0.2, 0.25) is 0 Å². The summed E-state index contributed by atoms with van der Waals surface area (Å²) in [5, 5.41) is 13.3. The van der Waals surface area contributed by atoms with Crippen LogP contribution in [-0.4, -0.2) is 31.6 Å². The second kappa shape index (κ2) is 9.39. The van der Waals surface area contributed by atoms with Crippen molar-refractivity contribution in [3.63, 3.8) is 0 Å². The summed E-state index contributed by atoms with van der Waals surface area (Å²) < 4.78 is 16.7. The smallest absolute Gasteiger partial charge is 0.256 e. The third kappa shape index (κ3) is 4.77. The third-order valence-corrected chi connectivity index (χ3v) is 4.87. The van der Waals surface area contributed by atoms with Gasteiger partial charge in [-0.15, -0.1) is 10.2 Å². The molecule has 166 valence electrons. The molecule has 2 aromatic carbocycles. The van der Waals surface area contributed by atoms with Crippen LogP contribution in [0.15, 0.2) is 73.1 Å². The van der Waals surface area contributed by atoms with Gasteiger partial charge in [-0.2, -0.15) is 0 Å². The monoisotopic (exact) mass is 444 g/mol. The molecular formula is C24H21FN6O2. The molecule has 2 heterocycles. The molecule has 33 heavy (non-hydrogen) atoms. The van der Waals surface area contributed by atoms with Crippen LogP contribution in [0.2, 0.25) is 0 Å². The summed E-state index contributed by atoms with van der Waals surface area (Å²) in [4.78, 5) is 29.6. The first-order valence-electron chi connectivity index (χ1n) is 10.3. The fourth-order valence-electron chi connectivity index (χ4n) is 3.19. The molecule has 0 spiro atoms. The number of carbonyl (C=O) groups excluding carboxylic acids is 2. The minimum absolute atomic E-state index is 0.0260. The molecule has 0 atom stereocenters. The number of hydrogen-bond donors (Lipinski definition) is 2. The van der Waals surface area contributed by atoms with E-state index in [1.54, 1.807) is 65.2 Å². The Bertz CT molecular complexity index is 1290. The van der Waals surface area contributed by atoms with Gasteiger partial charge in [0, 0.05) is 23.2 Å². The van der Waals surface area contributed by atoms with Gasteiger partial charge in [0.25, 0.3) is 11.8 Å². The van der Waals surface area contributed by atoms with Crippen LogP contribution >= 0.6 is 0 Å². The zero-order valence-electron chi connectivity index (χ0n) is 18.0. The molecule has 4 aromatic rings. The lowest BCUT2D eigenvalue weighted by Crippen LogP contribution is -2.18. The largest absolute Gasteiger partial charge is 0.320 e. The van der Waals surface area contributed by atoms with E-state index < -0.39 is 17.6 Å². The fraction of sp³-hybridized carbons (Fsp3) is 0.125. The average Bonchev–Trinajstić information content (AvgIpc) is 3.32. The highest BCUT2D eigenvalue weighted by atomic mass is 19.1. The van der Waals surface area contributed by atoms with Gasteiger partial charge in [-0.25, -0.2) is 9.37 Å². The molecule has 8 nitrogen and oxygen atoms in total. The number of carbonyl (C=O) groups is 2. The number of nitrogens with zero attached hydrogens (tertiary/aromatic N) is 4. The summed E-state index contributed by atoms with van der Waals surface area (Å²) in [5.74, 6) is -1.71. The molecule has 0 aliphatic rings. The lowest BCUT2D eigenvalue weighted by atomic mass is 10.2. The molecule has 0 unspecified atom stereocenters. The van der Waals surface area contributed by atoms with Crippen LogP contribution in [0.1, 0.15) is 40.6 Å². The highest BCUT2D eigenvalue weighted by molar-refractivity contribution is 6.06. The minimum atomic E-state index is -0.804. The Morgan fingerprint density at radius 2 is 1.48 bits per heavy atom. The molecule has 0 saturated heterocycles. The van der Waals surface area contributed by atoms with E-state index in [1.807, 2.05) is 13.8 Å². The Morgan fingerprint density at radius 3 is 2.06 bits per heavy atom. The second-order valence-corrected chi connectivity index (χ2v) is 7.51. The second-order valence-electron chi connectivity index (χ2n) is 7.51. The summed E-state index contributed by atoms with van der Waals surface area (Å²) >= 11 is 0. The number of nitrogens with one attached hydrogen (secondary N) is 2. The van der Waals surface area contributed by atoms with Gasteiger partial charge < -0.3 is 15.2 Å². The summed E-state index contributed by atoms with van der Waals surface area (Å²) in [6.07, 6.45) is 1.52. The molecule has 0 bridgehead atoms. The van der Waals surface area contributed by atoms with E-state index >= 15 is 0 Å². The molecule has 0 aliphatic carbocycles. The van der Waals surface area contributed by atoms with Crippen molar-refractivity contribution in [2.24, 2.45) is 0 Å². The molecule has 2 N–H and O–H groups in total. The van der Waals surface area contributed by atoms with Crippen LogP contribution in [0.3, 0.4) is 0 Å². The van der Waals surface area contributed by atoms with E-state index in [2.05, 4.69) is 25.8 Å². The number of aromatic nitrogens is 4. The standard InChI is InChI=1S/C24H21FN6O2/c1-15(2)31-14-26-30-22(31)20-19(27-23(32)16-9-5-3-6-10-16)13-18(25)21(28-20)29-24(33)17-11-7-4-8-12-17/h3-15H,1-2H3,(H,27,32)(H,28,29,33). The average molecular weight is 444 g/mol. The predicted molar refractivity (Wildman–Crippen MR) is 122 cm³/mol. The van der Waals surface area contributed by atoms with Gasteiger partial charge in [-0.05, 0) is 38.1 Å². The maximum atomic E-state index is 15.0. The van der Waals surface area contributed by atoms with E-state index in [0.717, 1.165) is 6.07 Å². The van der Waals surface area contributed by atoms with Crippen molar-refractivity contribution in [1.29, 1.82) is 0 Å². The Hall–Kier alpha value is -4.40. The maximum Gasteiger partial charge on any atom is 0.256 e. The van der Waals surface area contributed by atoms with E-state index in [1.165, 1.54) is 6.33 Å². The highest BCUT2D eigenvalue weighted by Crippen LogP contribution is 2.30. The maximum absolute atomic E-state index is 15.0. The first kappa shape index (κ1) is 21.8. The van der Waals surface area contributed by atoms with Gasteiger partial charge in [0.1, 0.15) is 12.0 Å². The minimum Gasteiger partial charge on any atom is -0.320 e. The predicted octanol–water partition coefficient (Wildman–Crippen LogP) is 4.56. The Kier molecular flexibility index (Phi) is 6.21. The zero-order valence-corrected chi connectivity index (χ0v) is 18.0. The fourth-order valence-corrected chi connectivity index (χ4v) is 3.19. The highest BCUT2D eigenvalue weighted by Gasteiger charge is 2.22. The quantitative estimate of drug-likeness (QED) is 0.454. The lowest BCUT2D eigenvalue weighted by Gasteiger charge is -2.15. The van der Waals surface area contributed by atoms with Crippen molar-refractivity contribution in [3.05, 3.63) is 90.0 Å². The van der Waals surface area contributed by atoms with Crippen LogP contribution in [0.25, 0.3) is 11.5 Å². The number of rotatable bonds is 6. The van der Waals surface area contributed by atoms with Crippen LogP contribution in [0.4, 0.5) is 15.9 Å². The number of hydrogen-bond acceptors (Lipinski definition) is 5. The summed E-state index contributed by atoms with van der Waals surface area (Å²) in [6.45, 7) is 3.85. The van der Waals surface area contributed by atoms with Crippen LogP contribution < -0.4 is 10.6 Å². The molecule has 9 heteroatoms. The van der Waals surface area contributed by atoms with Gasteiger partial charge >= 0.3 is 0 Å². The van der Waals surface area contributed by atoms with Crippen molar-refractivity contribution < 1.29 is 14.0 Å². The first-order chi connectivity index (χ1) is 15.9. The number of pyridine rings is 1. The van der Waals surface area contributed by atoms with E-state index in [4.69, 9.17) is 0 Å². The number of halogens is 1. The topological polar surface area (TPSA) is 102 Å². The van der Waals surface area contributed by atoms with Gasteiger partial charge in [-0.1, -0.05) is 36.4 Å². The van der Waals surface area contributed by atoms with E-state index in [9.17, 15) is 14.0 Å². The summed E-state index contributed by atoms with van der Waals surface area (Å²) in [7, 11) is 0. The Balaban J connectivity index is 1.76. The number of benzene rings is 2. The molecule has 4 rings (SSSR count). The zero-order chi connectivity index (χ0) is 23.4. The van der Waals surface area contributed by atoms with E-state index in [0.29, 0.717) is 17.0 Å². The van der Waals surface area contributed by atoms with Crippen LogP contribution in [0.5, 0.6) is 0 Å². The summed E-state index contributed by atoms with van der Waals surface area (Å²) in [5.41, 5.74) is 1.03. The van der Waals surface area contributed by atoms with Crippen molar-refractivity contribution in [1.82, 2.24) is 19.7 Å². The molecule has 0 saturated carbocycles. The van der Waals surface area contributed by atoms with Crippen molar-refractivity contribution >= 4 is 23.3 Å². The van der Waals surface area contributed by atoms with Crippen LogP contribution in [0, 0.1) is 5.82 Å². The number of amides is 2. The van der Waals surface area contributed by atoms with Gasteiger partial charge in [0.05, 0.1) is 5.69 Å². The number of anilines is 2. The normalized spacial score (nSPS) is 10.8. The van der Waals surface area contributed by atoms with Crippen LogP contribution in [-0.2, 0) is 0 Å². The Labute approximate surface area is 189 Å². The third-order valence-electron chi connectivity index (χ3n) is 4.87.